The highest BCUT2D eigenvalue weighted by Crippen LogP contribution is 2.14. The number of ether oxygens (including phenoxy) is 1. The van der Waals surface area contributed by atoms with Crippen LogP contribution in [0.4, 0.5) is 0 Å². The third kappa shape index (κ3) is 3.63. The van der Waals surface area contributed by atoms with Gasteiger partial charge in [-0.1, -0.05) is 30.3 Å². The summed E-state index contributed by atoms with van der Waals surface area (Å²) in [4.78, 5) is 15.8. The molecule has 4 nitrogen and oxygen atoms in total. The largest absolute Gasteiger partial charge is 0.468 e. The summed E-state index contributed by atoms with van der Waals surface area (Å²) in [7, 11) is 1.40. The molecule has 2 aromatic rings. The van der Waals surface area contributed by atoms with Gasteiger partial charge in [-0.3, -0.25) is 10.3 Å². The highest BCUT2D eigenvalue weighted by molar-refractivity contribution is 5.77. The van der Waals surface area contributed by atoms with E-state index in [4.69, 9.17) is 4.74 Å². The zero-order valence-corrected chi connectivity index (χ0v) is 10.7. The van der Waals surface area contributed by atoms with Crippen molar-refractivity contribution in [2.45, 2.75) is 12.6 Å². The lowest BCUT2D eigenvalue weighted by Crippen LogP contribution is -2.29. The molecule has 19 heavy (non-hydrogen) atoms. The van der Waals surface area contributed by atoms with Gasteiger partial charge in [0.25, 0.3) is 0 Å². The number of nitrogens with zero attached hydrogens (tertiary/aromatic N) is 1. The predicted octanol–water partition coefficient (Wildman–Crippen LogP) is 2.09. The second-order valence-corrected chi connectivity index (χ2v) is 4.10. The fourth-order valence-corrected chi connectivity index (χ4v) is 1.82. The maximum Gasteiger partial charge on any atom is 0.327 e. The summed E-state index contributed by atoms with van der Waals surface area (Å²) in [5.74, 6) is -0.291. The molecule has 98 valence electrons. The number of carbonyl (C=O) groups is 1. The van der Waals surface area contributed by atoms with Crippen LogP contribution in [-0.4, -0.2) is 18.1 Å². The summed E-state index contributed by atoms with van der Waals surface area (Å²) in [6, 6.07) is 12.9. The van der Waals surface area contributed by atoms with Crippen LogP contribution in [0.2, 0.25) is 0 Å². The monoisotopic (exact) mass is 256 g/mol. The first kappa shape index (κ1) is 13.2. The lowest BCUT2D eigenvalue weighted by atomic mass is 10.1. The van der Waals surface area contributed by atoms with Gasteiger partial charge in [0.1, 0.15) is 6.04 Å². The lowest BCUT2D eigenvalue weighted by molar-refractivity contribution is -0.143. The number of hydrogen-bond acceptors (Lipinski definition) is 4. The molecule has 0 saturated carbocycles. The van der Waals surface area contributed by atoms with Gasteiger partial charge in [-0.25, -0.2) is 4.79 Å². The molecule has 0 saturated heterocycles. The summed E-state index contributed by atoms with van der Waals surface area (Å²) in [6.07, 6.45) is 3.46. The summed E-state index contributed by atoms with van der Waals surface area (Å²) < 4.78 is 4.84. The minimum atomic E-state index is -0.459. The van der Waals surface area contributed by atoms with Crippen LogP contribution < -0.4 is 5.32 Å². The molecule has 0 bridgehead atoms. The number of hydrogen-bond donors (Lipinski definition) is 1. The Balaban J connectivity index is 2.09. The van der Waals surface area contributed by atoms with E-state index in [-0.39, 0.29) is 5.97 Å². The van der Waals surface area contributed by atoms with Crippen molar-refractivity contribution in [3.8, 4) is 0 Å². The second kappa shape index (κ2) is 6.66. The fraction of sp³-hybridized carbons (Fsp3) is 0.200. The summed E-state index contributed by atoms with van der Waals surface area (Å²) >= 11 is 0. The SMILES string of the molecule is COC(=O)[C@@H](NCc1ccncc1)c1ccccc1. The molecule has 1 N–H and O–H groups in total. The molecule has 4 heteroatoms. The van der Waals surface area contributed by atoms with E-state index < -0.39 is 6.04 Å². The van der Waals surface area contributed by atoms with Gasteiger partial charge < -0.3 is 4.74 Å². The minimum Gasteiger partial charge on any atom is -0.468 e. The normalized spacial score (nSPS) is 11.8. The van der Waals surface area contributed by atoms with Crippen molar-refractivity contribution < 1.29 is 9.53 Å². The Labute approximate surface area is 112 Å². The average Bonchev–Trinajstić information content (AvgIpc) is 2.49. The Morgan fingerprint density at radius 3 is 2.53 bits per heavy atom. The molecule has 1 heterocycles. The molecule has 0 fully saturated rings. The van der Waals surface area contributed by atoms with E-state index in [1.807, 2.05) is 42.5 Å². The van der Waals surface area contributed by atoms with Crippen LogP contribution in [0.1, 0.15) is 17.2 Å². The van der Waals surface area contributed by atoms with Crippen molar-refractivity contribution in [2.24, 2.45) is 0 Å². The zero-order valence-electron chi connectivity index (χ0n) is 10.7. The van der Waals surface area contributed by atoms with Crippen LogP contribution in [0.25, 0.3) is 0 Å². The number of nitrogens with one attached hydrogen (secondary N) is 1. The molecule has 0 unspecified atom stereocenters. The minimum absolute atomic E-state index is 0.291. The molecule has 0 aliphatic carbocycles. The van der Waals surface area contributed by atoms with Crippen molar-refractivity contribution in [3.63, 3.8) is 0 Å². The van der Waals surface area contributed by atoms with E-state index in [2.05, 4.69) is 10.3 Å². The van der Waals surface area contributed by atoms with Gasteiger partial charge in [-0.05, 0) is 23.3 Å². The molecule has 1 aromatic heterocycles. The Morgan fingerprint density at radius 2 is 1.89 bits per heavy atom. The fourth-order valence-electron chi connectivity index (χ4n) is 1.82. The summed E-state index contributed by atoms with van der Waals surface area (Å²) in [5.41, 5.74) is 1.96. The molecule has 1 aromatic carbocycles. The van der Waals surface area contributed by atoms with Gasteiger partial charge in [0.2, 0.25) is 0 Å². The topological polar surface area (TPSA) is 51.2 Å². The molecule has 2 rings (SSSR count). The number of aromatic nitrogens is 1. The first-order chi connectivity index (χ1) is 9.31. The van der Waals surface area contributed by atoms with Crippen LogP contribution in [0.3, 0.4) is 0 Å². The molecular formula is C15H16N2O2. The maximum atomic E-state index is 11.8. The lowest BCUT2D eigenvalue weighted by Gasteiger charge is -2.16. The molecular weight excluding hydrogens is 240 g/mol. The Bertz CT molecular complexity index is 514. The van der Waals surface area contributed by atoms with E-state index in [1.165, 1.54) is 7.11 Å². The number of esters is 1. The number of pyridine rings is 1. The van der Waals surface area contributed by atoms with Gasteiger partial charge in [-0.15, -0.1) is 0 Å². The van der Waals surface area contributed by atoms with Gasteiger partial charge in [0, 0.05) is 18.9 Å². The number of benzene rings is 1. The zero-order chi connectivity index (χ0) is 13.5. The standard InChI is InChI=1S/C15H16N2O2/c1-19-15(18)14(13-5-3-2-4-6-13)17-11-12-7-9-16-10-8-12/h2-10,14,17H,11H2,1H3/t14-/m0/s1. The van der Waals surface area contributed by atoms with Crippen LogP contribution in [-0.2, 0) is 16.1 Å². The van der Waals surface area contributed by atoms with Crippen molar-refractivity contribution in [1.29, 1.82) is 0 Å². The molecule has 0 aliphatic heterocycles. The Kier molecular flexibility index (Phi) is 4.64. The number of carbonyl (C=O) groups excluding carboxylic acids is 1. The quantitative estimate of drug-likeness (QED) is 0.832. The highest BCUT2D eigenvalue weighted by atomic mass is 16.5. The van der Waals surface area contributed by atoms with Crippen molar-refractivity contribution in [3.05, 3.63) is 66.0 Å². The molecule has 1 atom stereocenters. The van der Waals surface area contributed by atoms with E-state index in [0.29, 0.717) is 6.54 Å². The highest BCUT2D eigenvalue weighted by Gasteiger charge is 2.20. The number of rotatable bonds is 5. The van der Waals surface area contributed by atoms with E-state index in [1.54, 1.807) is 12.4 Å². The van der Waals surface area contributed by atoms with Crippen LogP contribution in [0, 0.1) is 0 Å². The van der Waals surface area contributed by atoms with Crippen molar-refractivity contribution >= 4 is 5.97 Å². The maximum absolute atomic E-state index is 11.8. The van der Waals surface area contributed by atoms with Crippen LogP contribution in [0.15, 0.2) is 54.9 Å². The van der Waals surface area contributed by atoms with Gasteiger partial charge in [0.05, 0.1) is 7.11 Å². The first-order valence-corrected chi connectivity index (χ1v) is 6.06. The predicted molar refractivity (Wildman–Crippen MR) is 72.3 cm³/mol. The smallest absolute Gasteiger partial charge is 0.327 e. The first-order valence-electron chi connectivity index (χ1n) is 6.06. The molecule has 0 aliphatic rings. The molecule has 0 amide bonds. The van der Waals surface area contributed by atoms with Crippen LogP contribution in [0.5, 0.6) is 0 Å². The third-order valence-corrected chi connectivity index (χ3v) is 2.83. The van der Waals surface area contributed by atoms with Gasteiger partial charge in [-0.2, -0.15) is 0 Å². The van der Waals surface area contributed by atoms with Crippen LogP contribution >= 0.6 is 0 Å². The van der Waals surface area contributed by atoms with Gasteiger partial charge >= 0.3 is 5.97 Å². The second-order valence-electron chi connectivity index (χ2n) is 4.10. The number of methoxy groups -OCH3 is 1. The average molecular weight is 256 g/mol. The Morgan fingerprint density at radius 1 is 1.21 bits per heavy atom. The van der Waals surface area contributed by atoms with Crippen molar-refractivity contribution in [1.82, 2.24) is 10.3 Å². The molecule has 0 radical (unpaired) electrons. The Hall–Kier alpha value is -2.20. The van der Waals surface area contributed by atoms with E-state index in [9.17, 15) is 4.79 Å². The summed E-state index contributed by atoms with van der Waals surface area (Å²) in [5, 5.41) is 3.20. The third-order valence-electron chi connectivity index (χ3n) is 2.83. The summed E-state index contributed by atoms with van der Waals surface area (Å²) in [6.45, 7) is 0.581. The van der Waals surface area contributed by atoms with E-state index >= 15 is 0 Å². The van der Waals surface area contributed by atoms with Crippen molar-refractivity contribution in [2.75, 3.05) is 7.11 Å². The molecule has 0 spiro atoms. The van der Waals surface area contributed by atoms with E-state index in [0.717, 1.165) is 11.1 Å². The van der Waals surface area contributed by atoms with Gasteiger partial charge in [0.15, 0.2) is 0 Å².